The van der Waals surface area contributed by atoms with Gasteiger partial charge in [-0.15, -0.1) is 0 Å². The van der Waals surface area contributed by atoms with Crippen molar-refractivity contribution in [2.24, 2.45) is 0 Å². The van der Waals surface area contributed by atoms with E-state index in [9.17, 15) is 9.18 Å². The van der Waals surface area contributed by atoms with Crippen LogP contribution < -0.4 is 5.32 Å². The van der Waals surface area contributed by atoms with Crippen molar-refractivity contribution in [3.63, 3.8) is 0 Å². The average molecular weight is 465 g/mol. The summed E-state index contributed by atoms with van der Waals surface area (Å²) in [6.45, 7) is 3.22. The van der Waals surface area contributed by atoms with Gasteiger partial charge in [0.2, 0.25) is 0 Å². The highest BCUT2D eigenvalue weighted by molar-refractivity contribution is 6.31. The minimum atomic E-state index is -0.514. The van der Waals surface area contributed by atoms with Crippen molar-refractivity contribution in [1.82, 2.24) is 24.3 Å². The van der Waals surface area contributed by atoms with Crippen molar-refractivity contribution in [1.29, 1.82) is 0 Å². The summed E-state index contributed by atoms with van der Waals surface area (Å²) >= 11 is 5.81. The van der Waals surface area contributed by atoms with Gasteiger partial charge in [-0.3, -0.25) is 9.47 Å². The smallest absolute Gasteiger partial charge is 0.321 e. The van der Waals surface area contributed by atoms with Crippen LogP contribution in [0.1, 0.15) is 5.82 Å². The predicted octanol–water partition coefficient (Wildman–Crippen LogP) is 4.56. The van der Waals surface area contributed by atoms with Gasteiger partial charge >= 0.3 is 6.03 Å². The van der Waals surface area contributed by atoms with E-state index in [1.54, 1.807) is 11.1 Å². The van der Waals surface area contributed by atoms with Crippen molar-refractivity contribution in [2.75, 3.05) is 31.5 Å². The van der Waals surface area contributed by atoms with Gasteiger partial charge in [0.1, 0.15) is 17.2 Å². The number of hydrogen-bond acceptors (Lipinski definition) is 4. The summed E-state index contributed by atoms with van der Waals surface area (Å²) in [4.78, 5) is 26.0. The highest BCUT2D eigenvalue weighted by atomic mass is 35.5. The second-order valence-electron chi connectivity index (χ2n) is 7.87. The van der Waals surface area contributed by atoms with E-state index in [1.807, 2.05) is 42.5 Å². The normalized spacial score (nSPS) is 14.5. The van der Waals surface area contributed by atoms with Crippen LogP contribution in [0.3, 0.4) is 0 Å². The molecule has 5 rings (SSSR count). The Morgan fingerprint density at radius 1 is 1.03 bits per heavy atom. The van der Waals surface area contributed by atoms with Crippen LogP contribution in [-0.2, 0) is 6.54 Å². The Morgan fingerprint density at radius 3 is 2.58 bits per heavy atom. The highest BCUT2D eigenvalue weighted by Crippen LogP contribution is 2.22. The number of hydrogen-bond donors (Lipinski definition) is 1. The number of fused-ring (bicyclic) bond motifs is 1. The van der Waals surface area contributed by atoms with E-state index in [1.165, 1.54) is 18.2 Å². The summed E-state index contributed by atoms with van der Waals surface area (Å²) in [5.74, 6) is 0.397. The fourth-order valence-electron chi connectivity index (χ4n) is 4.00. The monoisotopic (exact) mass is 464 g/mol. The molecule has 2 aromatic heterocycles. The number of amides is 2. The van der Waals surface area contributed by atoms with Crippen LogP contribution in [0.4, 0.5) is 14.9 Å². The number of pyridine rings is 1. The van der Waals surface area contributed by atoms with E-state index < -0.39 is 5.82 Å². The maximum absolute atomic E-state index is 13.3. The molecule has 9 heteroatoms. The third-order valence-electron chi connectivity index (χ3n) is 5.70. The van der Waals surface area contributed by atoms with E-state index in [0.717, 1.165) is 22.7 Å². The van der Waals surface area contributed by atoms with Crippen LogP contribution in [0.15, 0.2) is 66.9 Å². The molecular formula is C24H22ClFN6O. The summed E-state index contributed by atoms with van der Waals surface area (Å²) in [5, 5.41) is 2.77. The number of carbonyl (C=O) groups excluding carboxylic acids is 1. The predicted molar refractivity (Wildman–Crippen MR) is 126 cm³/mol. The Bertz CT molecular complexity index is 1290. The number of para-hydroxylation sites is 1. The van der Waals surface area contributed by atoms with Gasteiger partial charge in [-0.05, 0) is 42.5 Å². The number of carbonyl (C=O) groups is 1. The summed E-state index contributed by atoms with van der Waals surface area (Å²) in [5.41, 5.74) is 3.17. The Morgan fingerprint density at radius 2 is 1.82 bits per heavy atom. The third-order valence-corrected chi connectivity index (χ3v) is 5.98. The molecule has 1 aliphatic heterocycles. The summed E-state index contributed by atoms with van der Waals surface area (Å²) < 4.78 is 15.4. The zero-order valence-electron chi connectivity index (χ0n) is 17.8. The first-order chi connectivity index (χ1) is 16.1. The molecule has 0 atom stereocenters. The lowest BCUT2D eigenvalue weighted by Gasteiger charge is -2.34. The van der Waals surface area contributed by atoms with E-state index in [2.05, 4.69) is 19.8 Å². The third kappa shape index (κ3) is 4.53. The zero-order valence-corrected chi connectivity index (χ0v) is 18.5. The SMILES string of the molecule is O=C(Nc1ccc(F)c(Cl)c1)N1CCN(Cc2nc3cccnc3n2-c2ccccc2)CC1. The molecule has 0 radical (unpaired) electrons. The van der Waals surface area contributed by atoms with Gasteiger partial charge in [0, 0.05) is 43.8 Å². The maximum Gasteiger partial charge on any atom is 0.321 e. The molecule has 0 spiro atoms. The molecule has 3 heterocycles. The van der Waals surface area contributed by atoms with Gasteiger partial charge in [0.05, 0.1) is 11.6 Å². The molecule has 0 aliphatic carbocycles. The molecule has 0 bridgehead atoms. The molecule has 1 fully saturated rings. The van der Waals surface area contributed by atoms with Crippen LogP contribution in [0.25, 0.3) is 16.9 Å². The molecule has 0 saturated carbocycles. The molecule has 1 saturated heterocycles. The second-order valence-corrected chi connectivity index (χ2v) is 8.27. The number of urea groups is 1. The lowest BCUT2D eigenvalue weighted by molar-refractivity contribution is 0.140. The zero-order chi connectivity index (χ0) is 22.8. The average Bonchev–Trinajstić information content (AvgIpc) is 3.20. The quantitative estimate of drug-likeness (QED) is 0.480. The van der Waals surface area contributed by atoms with Crippen LogP contribution >= 0.6 is 11.6 Å². The number of piperazine rings is 1. The molecular weight excluding hydrogens is 443 g/mol. The maximum atomic E-state index is 13.3. The van der Waals surface area contributed by atoms with Crippen molar-refractivity contribution in [3.8, 4) is 5.69 Å². The first-order valence-corrected chi connectivity index (χ1v) is 11.1. The number of aromatic nitrogens is 3. The summed E-state index contributed by atoms with van der Waals surface area (Å²) in [6.07, 6.45) is 1.78. The molecule has 2 amide bonds. The fraction of sp³-hybridized carbons (Fsp3) is 0.208. The Hall–Kier alpha value is -3.49. The molecule has 7 nitrogen and oxygen atoms in total. The first-order valence-electron chi connectivity index (χ1n) is 10.7. The standard InChI is InChI=1S/C24H22ClFN6O/c25-19-15-17(8-9-20(19)26)28-24(33)31-13-11-30(12-14-31)16-22-29-21-7-4-10-27-23(21)32(22)18-5-2-1-3-6-18/h1-10,15H,11-14,16H2,(H,28,33). The fourth-order valence-corrected chi connectivity index (χ4v) is 4.18. The molecule has 33 heavy (non-hydrogen) atoms. The van der Waals surface area contributed by atoms with Crippen molar-refractivity contribution >= 4 is 34.5 Å². The van der Waals surface area contributed by atoms with Crippen LogP contribution in [-0.4, -0.2) is 56.5 Å². The van der Waals surface area contributed by atoms with Gasteiger partial charge in [0.25, 0.3) is 0 Å². The molecule has 2 aromatic carbocycles. The number of nitrogens with one attached hydrogen (secondary N) is 1. The molecule has 1 N–H and O–H groups in total. The molecule has 168 valence electrons. The first kappa shape index (κ1) is 21.4. The number of benzene rings is 2. The number of rotatable bonds is 4. The van der Waals surface area contributed by atoms with E-state index in [4.69, 9.17) is 16.6 Å². The highest BCUT2D eigenvalue weighted by Gasteiger charge is 2.23. The molecule has 4 aromatic rings. The summed E-state index contributed by atoms with van der Waals surface area (Å²) in [7, 11) is 0. The van der Waals surface area contributed by atoms with E-state index >= 15 is 0 Å². The van der Waals surface area contributed by atoms with Crippen molar-refractivity contribution in [3.05, 3.63) is 83.5 Å². The van der Waals surface area contributed by atoms with Gasteiger partial charge in [-0.1, -0.05) is 29.8 Å². The number of halogens is 2. The van der Waals surface area contributed by atoms with Crippen LogP contribution in [0, 0.1) is 5.82 Å². The Balaban J connectivity index is 1.27. The van der Waals surface area contributed by atoms with Crippen molar-refractivity contribution in [2.45, 2.75) is 6.54 Å². The lowest BCUT2D eigenvalue weighted by Crippen LogP contribution is -2.49. The Kier molecular flexibility index (Phi) is 5.93. The second kappa shape index (κ2) is 9.17. The number of anilines is 1. The van der Waals surface area contributed by atoms with Gasteiger partial charge < -0.3 is 10.2 Å². The molecule has 1 aliphatic rings. The van der Waals surface area contributed by atoms with Gasteiger partial charge in [0.15, 0.2) is 5.65 Å². The Labute approximate surface area is 195 Å². The summed E-state index contributed by atoms with van der Waals surface area (Å²) in [6, 6.07) is 17.9. The largest absolute Gasteiger partial charge is 0.322 e. The topological polar surface area (TPSA) is 66.3 Å². The van der Waals surface area contributed by atoms with Gasteiger partial charge in [-0.25, -0.2) is 19.2 Å². The minimum Gasteiger partial charge on any atom is -0.322 e. The number of imidazole rings is 1. The van der Waals surface area contributed by atoms with Crippen LogP contribution in [0.2, 0.25) is 5.02 Å². The van der Waals surface area contributed by atoms with Crippen molar-refractivity contribution < 1.29 is 9.18 Å². The minimum absolute atomic E-state index is 0.0200. The van der Waals surface area contributed by atoms with Gasteiger partial charge in [-0.2, -0.15) is 0 Å². The van der Waals surface area contributed by atoms with E-state index in [-0.39, 0.29) is 11.1 Å². The van der Waals surface area contributed by atoms with Crippen LogP contribution in [0.5, 0.6) is 0 Å². The molecule has 0 unspecified atom stereocenters. The van der Waals surface area contributed by atoms with E-state index in [0.29, 0.717) is 38.4 Å². The lowest BCUT2D eigenvalue weighted by atomic mass is 10.3. The number of nitrogens with zero attached hydrogens (tertiary/aromatic N) is 5.